The number of carbonyl (C=O) groups is 1. The molecule has 2 rings (SSSR count). The molecular formula is C14H13N5O3. The first-order valence-electron chi connectivity index (χ1n) is 6.33. The van der Waals surface area contributed by atoms with E-state index in [1.54, 1.807) is 37.3 Å². The van der Waals surface area contributed by atoms with Gasteiger partial charge in [0.15, 0.2) is 5.69 Å². The van der Waals surface area contributed by atoms with E-state index in [0.29, 0.717) is 0 Å². The normalized spacial score (nSPS) is 11.1. The van der Waals surface area contributed by atoms with Crippen LogP contribution < -0.4 is 5.43 Å². The number of nitro groups is 1. The molecule has 1 amide bonds. The molecule has 0 saturated heterocycles. The molecular weight excluding hydrogens is 286 g/mol. The number of hydrogen-bond donors (Lipinski definition) is 2. The van der Waals surface area contributed by atoms with Crippen molar-refractivity contribution in [1.29, 1.82) is 0 Å². The predicted octanol–water partition coefficient (Wildman–Crippen LogP) is 2.06. The zero-order valence-electron chi connectivity index (χ0n) is 11.7. The molecule has 0 spiro atoms. The van der Waals surface area contributed by atoms with Crippen molar-refractivity contribution in [1.82, 2.24) is 15.6 Å². The number of aryl methyl sites for hydroxylation is 1. The summed E-state index contributed by atoms with van der Waals surface area (Å²) in [5.41, 5.74) is 4.19. The molecule has 8 nitrogen and oxygen atoms in total. The lowest BCUT2D eigenvalue weighted by Gasteiger charge is -1.93. The van der Waals surface area contributed by atoms with Crippen LogP contribution in [0.1, 0.15) is 21.7 Å². The molecule has 0 aliphatic rings. The van der Waals surface area contributed by atoms with Gasteiger partial charge in [-0.25, -0.2) is 5.43 Å². The molecule has 0 fully saturated rings. The molecule has 0 saturated carbocycles. The zero-order chi connectivity index (χ0) is 15.9. The Morgan fingerprint density at radius 3 is 2.73 bits per heavy atom. The Kier molecular flexibility index (Phi) is 4.76. The van der Waals surface area contributed by atoms with Crippen LogP contribution in [0.4, 0.5) is 5.69 Å². The number of benzene rings is 1. The summed E-state index contributed by atoms with van der Waals surface area (Å²) in [4.78, 5) is 21.7. The van der Waals surface area contributed by atoms with Crippen LogP contribution in [0.5, 0.6) is 0 Å². The molecule has 112 valence electrons. The van der Waals surface area contributed by atoms with Gasteiger partial charge in [-0.15, -0.1) is 0 Å². The van der Waals surface area contributed by atoms with Crippen LogP contribution in [-0.2, 0) is 0 Å². The van der Waals surface area contributed by atoms with Crippen LogP contribution in [0.25, 0.3) is 6.08 Å². The van der Waals surface area contributed by atoms with E-state index in [1.807, 2.05) is 0 Å². The minimum absolute atomic E-state index is 0.0346. The molecule has 0 unspecified atom stereocenters. The number of carbonyl (C=O) groups excluding carboxylic acids is 1. The fraction of sp³-hybridized carbons (Fsp3) is 0.0714. The summed E-state index contributed by atoms with van der Waals surface area (Å²) in [6.45, 7) is 1.79. The van der Waals surface area contributed by atoms with Gasteiger partial charge in [-0.2, -0.15) is 10.2 Å². The van der Waals surface area contributed by atoms with E-state index in [1.165, 1.54) is 18.3 Å². The summed E-state index contributed by atoms with van der Waals surface area (Å²) < 4.78 is 0. The molecule has 1 heterocycles. The lowest BCUT2D eigenvalue weighted by atomic mass is 10.2. The van der Waals surface area contributed by atoms with Gasteiger partial charge in [0.25, 0.3) is 11.6 Å². The highest BCUT2D eigenvalue weighted by Crippen LogP contribution is 2.12. The van der Waals surface area contributed by atoms with Gasteiger partial charge in [-0.1, -0.05) is 6.08 Å². The molecule has 0 aliphatic carbocycles. The van der Waals surface area contributed by atoms with Crippen LogP contribution in [0, 0.1) is 17.0 Å². The number of amides is 1. The van der Waals surface area contributed by atoms with Gasteiger partial charge >= 0.3 is 0 Å². The maximum absolute atomic E-state index is 11.6. The van der Waals surface area contributed by atoms with E-state index in [0.717, 1.165) is 11.3 Å². The number of aromatic amines is 1. The number of H-pyrrole nitrogens is 1. The average Bonchev–Trinajstić information content (AvgIpc) is 2.94. The molecule has 2 aromatic rings. The third-order valence-electron chi connectivity index (χ3n) is 2.66. The van der Waals surface area contributed by atoms with E-state index in [4.69, 9.17) is 0 Å². The number of allylic oxidation sites excluding steroid dienone is 1. The van der Waals surface area contributed by atoms with E-state index < -0.39 is 10.8 Å². The molecule has 0 bridgehead atoms. The zero-order valence-corrected chi connectivity index (χ0v) is 11.7. The number of aromatic nitrogens is 2. The highest BCUT2D eigenvalue weighted by atomic mass is 16.6. The van der Waals surface area contributed by atoms with Crippen LogP contribution in [-0.4, -0.2) is 27.2 Å². The minimum atomic E-state index is -0.457. The third-order valence-corrected chi connectivity index (χ3v) is 2.66. The highest BCUT2D eigenvalue weighted by Gasteiger charge is 2.06. The number of rotatable bonds is 5. The van der Waals surface area contributed by atoms with Crippen molar-refractivity contribution < 1.29 is 9.72 Å². The summed E-state index contributed by atoms with van der Waals surface area (Å²) in [5, 5.41) is 20.7. The maximum atomic E-state index is 11.6. The Labute approximate surface area is 125 Å². The largest absolute Gasteiger partial charge is 0.291 e. The number of nitro benzene ring substituents is 1. The van der Waals surface area contributed by atoms with Crippen molar-refractivity contribution in [3.05, 3.63) is 63.5 Å². The van der Waals surface area contributed by atoms with Crippen molar-refractivity contribution in [3.8, 4) is 0 Å². The number of nitrogens with zero attached hydrogens (tertiary/aromatic N) is 3. The van der Waals surface area contributed by atoms with Crippen LogP contribution in [0.2, 0.25) is 0 Å². The standard InChI is InChI=1S/C14H13N5O3/c1-10-9-13(17-16-10)14(20)18-15-8-2-3-11-4-6-12(7-5-11)19(21)22/h2-9H,1H3,(H,16,17)(H,18,20)/b3-2+,15-8?. The highest BCUT2D eigenvalue weighted by molar-refractivity contribution is 5.92. The van der Waals surface area contributed by atoms with Gasteiger partial charge in [0, 0.05) is 24.0 Å². The molecule has 1 aromatic heterocycles. The second-order valence-electron chi connectivity index (χ2n) is 4.36. The number of nitrogens with one attached hydrogen (secondary N) is 2. The summed E-state index contributed by atoms with van der Waals surface area (Å²) in [5.74, 6) is -0.413. The fourth-order valence-corrected chi connectivity index (χ4v) is 1.59. The van der Waals surface area contributed by atoms with E-state index in [9.17, 15) is 14.9 Å². The first-order valence-corrected chi connectivity index (χ1v) is 6.33. The van der Waals surface area contributed by atoms with Gasteiger partial charge in [-0.3, -0.25) is 20.0 Å². The van der Waals surface area contributed by atoms with Crippen LogP contribution in [0.3, 0.4) is 0 Å². The predicted molar refractivity (Wildman–Crippen MR) is 81.4 cm³/mol. The summed E-state index contributed by atoms with van der Waals surface area (Å²) in [6.07, 6.45) is 4.72. The Hall–Kier alpha value is -3.29. The molecule has 2 N–H and O–H groups in total. The Bertz CT molecular complexity index is 731. The van der Waals surface area contributed by atoms with Crippen LogP contribution >= 0.6 is 0 Å². The SMILES string of the molecule is Cc1cc(C(=O)NN=C/C=C/c2ccc([N+](=O)[O-])cc2)n[nH]1. The second kappa shape index (κ2) is 6.93. The number of hydrogen-bond acceptors (Lipinski definition) is 5. The lowest BCUT2D eigenvalue weighted by Crippen LogP contribution is -2.17. The smallest absolute Gasteiger partial charge is 0.282 e. The maximum Gasteiger partial charge on any atom is 0.291 e. The van der Waals surface area contributed by atoms with Crippen molar-refractivity contribution in [2.75, 3.05) is 0 Å². The monoisotopic (exact) mass is 299 g/mol. The molecule has 8 heteroatoms. The van der Waals surface area contributed by atoms with Crippen molar-refractivity contribution in [2.45, 2.75) is 6.92 Å². The number of hydrazone groups is 1. The van der Waals surface area contributed by atoms with Gasteiger partial charge in [-0.05, 0) is 36.8 Å². The summed E-state index contributed by atoms with van der Waals surface area (Å²) >= 11 is 0. The Balaban J connectivity index is 1.86. The molecule has 0 atom stereocenters. The minimum Gasteiger partial charge on any atom is -0.282 e. The molecule has 1 aromatic carbocycles. The average molecular weight is 299 g/mol. The third kappa shape index (κ3) is 4.10. The fourth-order valence-electron chi connectivity index (χ4n) is 1.59. The lowest BCUT2D eigenvalue weighted by molar-refractivity contribution is -0.384. The number of non-ortho nitro benzene ring substituents is 1. The molecule has 0 radical (unpaired) electrons. The van der Waals surface area contributed by atoms with Crippen molar-refractivity contribution in [2.24, 2.45) is 5.10 Å². The Morgan fingerprint density at radius 2 is 2.14 bits per heavy atom. The van der Waals surface area contributed by atoms with Crippen LogP contribution in [0.15, 0.2) is 41.5 Å². The summed E-state index contributed by atoms with van der Waals surface area (Å²) in [6, 6.07) is 7.68. The quantitative estimate of drug-likeness (QED) is 0.499. The molecule has 22 heavy (non-hydrogen) atoms. The van der Waals surface area contributed by atoms with Crippen molar-refractivity contribution in [3.63, 3.8) is 0 Å². The van der Waals surface area contributed by atoms with E-state index in [-0.39, 0.29) is 11.4 Å². The summed E-state index contributed by atoms with van der Waals surface area (Å²) in [7, 11) is 0. The second-order valence-corrected chi connectivity index (χ2v) is 4.36. The van der Waals surface area contributed by atoms with E-state index >= 15 is 0 Å². The van der Waals surface area contributed by atoms with Gasteiger partial charge in [0.2, 0.25) is 0 Å². The topological polar surface area (TPSA) is 113 Å². The molecule has 0 aliphatic heterocycles. The van der Waals surface area contributed by atoms with E-state index in [2.05, 4.69) is 20.7 Å². The van der Waals surface area contributed by atoms with Gasteiger partial charge in [0.05, 0.1) is 4.92 Å². The van der Waals surface area contributed by atoms with Gasteiger partial charge in [0.1, 0.15) is 0 Å². The van der Waals surface area contributed by atoms with Crippen molar-refractivity contribution >= 4 is 23.9 Å². The Morgan fingerprint density at radius 1 is 1.41 bits per heavy atom. The first kappa shape index (κ1) is 15.1. The first-order chi connectivity index (χ1) is 10.6. The van der Waals surface area contributed by atoms with Gasteiger partial charge < -0.3 is 0 Å².